The van der Waals surface area contributed by atoms with E-state index in [0.717, 1.165) is 66.1 Å². The van der Waals surface area contributed by atoms with E-state index >= 15 is 0 Å². The Morgan fingerprint density at radius 3 is 1.84 bits per heavy atom. The molecule has 0 aliphatic heterocycles. The molecule has 0 spiro atoms. The van der Waals surface area contributed by atoms with Crippen LogP contribution < -0.4 is 0 Å². The van der Waals surface area contributed by atoms with Gasteiger partial charge in [-0.25, -0.2) is 15.0 Å². The van der Waals surface area contributed by atoms with Crippen LogP contribution in [0.4, 0.5) is 0 Å². The summed E-state index contributed by atoms with van der Waals surface area (Å²) < 4.78 is 8.99. The highest BCUT2D eigenvalue weighted by Gasteiger charge is 2.21. The van der Waals surface area contributed by atoms with Crippen molar-refractivity contribution in [2.45, 2.75) is 0 Å². The third kappa shape index (κ3) is 4.64. The zero-order valence-corrected chi connectivity index (χ0v) is 30.0. The van der Waals surface area contributed by atoms with Crippen molar-refractivity contribution in [1.82, 2.24) is 19.5 Å². The van der Waals surface area contributed by atoms with Crippen LogP contribution in [0.3, 0.4) is 0 Å². The second kappa shape index (κ2) is 11.9. The molecule has 5 nitrogen and oxygen atoms in total. The lowest BCUT2D eigenvalue weighted by Crippen LogP contribution is -2.00. The third-order valence-electron chi connectivity index (χ3n) is 11.2. The van der Waals surface area contributed by atoms with Crippen LogP contribution in [0.5, 0.6) is 0 Å². The normalized spacial score (nSPS) is 11.9. The highest BCUT2D eigenvalue weighted by molar-refractivity contribution is 6.23. The molecule has 0 unspecified atom stereocenters. The van der Waals surface area contributed by atoms with Gasteiger partial charge in [0.05, 0.1) is 11.0 Å². The minimum atomic E-state index is 0.593. The minimum Gasteiger partial charge on any atom is -0.456 e. The van der Waals surface area contributed by atoms with Crippen LogP contribution >= 0.6 is 0 Å². The number of hydrogen-bond donors (Lipinski definition) is 0. The van der Waals surface area contributed by atoms with E-state index in [-0.39, 0.29) is 0 Å². The molecule has 0 fully saturated rings. The van der Waals surface area contributed by atoms with E-state index in [4.69, 9.17) is 19.4 Å². The molecule has 3 aromatic heterocycles. The zero-order valence-electron chi connectivity index (χ0n) is 30.0. The van der Waals surface area contributed by atoms with Gasteiger partial charge in [0.2, 0.25) is 0 Å². The van der Waals surface area contributed by atoms with Gasteiger partial charge in [0.15, 0.2) is 17.5 Å². The third-order valence-corrected chi connectivity index (χ3v) is 11.2. The van der Waals surface area contributed by atoms with Gasteiger partial charge in [-0.15, -0.1) is 0 Å². The Morgan fingerprint density at radius 1 is 0.357 bits per heavy atom. The van der Waals surface area contributed by atoms with Crippen LogP contribution in [-0.2, 0) is 0 Å². The van der Waals surface area contributed by atoms with Crippen molar-refractivity contribution in [3.63, 3.8) is 0 Å². The molecule has 0 aliphatic carbocycles. The summed E-state index contributed by atoms with van der Waals surface area (Å²) in [6.07, 6.45) is 0. The maximum absolute atomic E-state index is 6.58. The molecular formula is C51H30N4O. The van der Waals surface area contributed by atoms with E-state index in [1.807, 2.05) is 42.5 Å². The molecule has 0 saturated heterocycles. The predicted octanol–water partition coefficient (Wildman–Crippen LogP) is 13.3. The molecular weight excluding hydrogens is 685 g/mol. The monoisotopic (exact) mass is 714 g/mol. The van der Waals surface area contributed by atoms with Crippen molar-refractivity contribution in [3.8, 4) is 39.9 Å². The lowest BCUT2D eigenvalue weighted by Gasteiger charge is -2.11. The van der Waals surface area contributed by atoms with Gasteiger partial charge >= 0.3 is 0 Å². The Hall–Kier alpha value is -7.63. The fourth-order valence-electron chi connectivity index (χ4n) is 8.64. The van der Waals surface area contributed by atoms with Crippen molar-refractivity contribution < 1.29 is 4.42 Å². The SMILES string of the molecule is c1ccc(-c2nc(-c3cccc4ccccc34)nc(-c3cccc4oc5ccc(-n6c7cc8ccccc8cc7c7c8ccccc8ccc76)cc5c34)n2)cc1. The van der Waals surface area contributed by atoms with Gasteiger partial charge in [-0.05, 0) is 74.8 Å². The summed E-state index contributed by atoms with van der Waals surface area (Å²) in [7, 11) is 0. The Labute approximate surface area is 320 Å². The maximum atomic E-state index is 6.58. The van der Waals surface area contributed by atoms with Gasteiger partial charge in [0.25, 0.3) is 0 Å². The first-order chi connectivity index (χ1) is 27.7. The van der Waals surface area contributed by atoms with Gasteiger partial charge in [-0.1, -0.05) is 140 Å². The van der Waals surface area contributed by atoms with Crippen molar-refractivity contribution in [2.75, 3.05) is 0 Å². The van der Waals surface area contributed by atoms with E-state index in [1.165, 1.54) is 32.3 Å². The largest absolute Gasteiger partial charge is 0.456 e. The molecule has 260 valence electrons. The van der Waals surface area contributed by atoms with Crippen LogP contribution in [-0.4, -0.2) is 19.5 Å². The number of furan rings is 1. The van der Waals surface area contributed by atoms with Crippen LogP contribution in [0.25, 0.3) is 116 Å². The molecule has 0 radical (unpaired) electrons. The smallest absolute Gasteiger partial charge is 0.164 e. The highest BCUT2D eigenvalue weighted by atomic mass is 16.3. The molecule has 5 heteroatoms. The highest BCUT2D eigenvalue weighted by Crippen LogP contribution is 2.42. The van der Waals surface area contributed by atoms with Gasteiger partial charge in [0.1, 0.15) is 11.2 Å². The molecule has 12 aromatic rings. The zero-order chi connectivity index (χ0) is 36.7. The average molecular weight is 715 g/mol. The maximum Gasteiger partial charge on any atom is 0.164 e. The molecule has 56 heavy (non-hydrogen) atoms. The molecule has 0 saturated carbocycles. The lowest BCUT2D eigenvalue weighted by atomic mass is 10.0. The van der Waals surface area contributed by atoms with Crippen LogP contribution in [0.1, 0.15) is 0 Å². The number of benzene rings is 9. The first-order valence-corrected chi connectivity index (χ1v) is 18.9. The van der Waals surface area contributed by atoms with Gasteiger partial charge in [-0.2, -0.15) is 0 Å². The van der Waals surface area contributed by atoms with Gasteiger partial charge in [0, 0.05) is 43.9 Å². The quantitative estimate of drug-likeness (QED) is 0.182. The molecule has 12 rings (SSSR count). The molecule has 0 N–H and O–H groups in total. The Morgan fingerprint density at radius 2 is 1.00 bits per heavy atom. The summed E-state index contributed by atoms with van der Waals surface area (Å²) >= 11 is 0. The van der Waals surface area contributed by atoms with Gasteiger partial charge in [-0.3, -0.25) is 0 Å². The average Bonchev–Trinajstić information content (AvgIpc) is 3.80. The Kier molecular flexibility index (Phi) is 6.56. The number of fused-ring (bicyclic) bond motifs is 10. The second-order valence-corrected chi connectivity index (χ2v) is 14.4. The summed E-state index contributed by atoms with van der Waals surface area (Å²) in [5.74, 6) is 1.84. The van der Waals surface area contributed by atoms with Crippen molar-refractivity contribution in [2.24, 2.45) is 0 Å². The summed E-state index contributed by atoms with van der Waals surface area (Å²) in [6, 6.07) is 63.9. The molecule has 0 amide bonds. The van der Waals surface area contributed by atoms with Crippen LogP contribution in [0, 0.1) is 0 Å². The lowest BCUT2D eigenvalue weighted by molar-refractivity contribution is 0.669. The van der Waals surface area contributed by atoms with Crippen molar-refractivity contribution in [1.29, 1.82) is 0 Å². The van der Waals surface area contributed by atoms with Gasteiger partial charge < -0.3 is 8.98 Å². The molecule has 9 aromatic carbocycles. The number of rotatable bonds is 4. The van der Waals surface area contributed by atoms with E-state index in [2.05, 4.69) is 144 Å². The Balaban J connectivity index is 1.13. The van der Waals surface area contributed by atoms with E-state index in [0.29, 0.717) is 17.5 Å². The summed E-state index contributed by atoms with van der Waals surface area (Å²) in [4.78, 5) is 15.5. The standard InChI is InChI=1S/C51H30N4O/c1-2-14-33(15-3-1)49-52-50(39-21-10-18-31-12-6-8-19-37(31)39)54-51(53-49)40-22-11-23-46-48(40)42-30-36(25-27-45(42)56-46)55-43-26-24-32-13-7-9-20-38(32)47(43)41-28-34-16-4-5-17-35(34)29-44(41)55/h1-30H. The van der Waals surface area contributed by atoms with Crippen LogP contribution in [0.2, 0.25) is 0 Å². The second-order valence-electron chi connectivity index (χ2n) is 14.4. The number of nitrogens with zero attached hydrogens (tertiary/aromatic N) is 4. The topological polar surface area (TPSA) is 56.7 Å². The van der Waals surface area contributed by atoms with E-state index in [1.54, 1.807) is 0 Å². The number of hydrogen-bond acceptors (Lipinski definition) is 4. The summed E-state index contributed by atoms with van der Waals surface area (Å²) in [5.41, 5.74) is 7.73. The van der Waals surface area contributed by atoms with E-state index in [9.17, 15) is 0 Å². The Bertz CT molecular complexity index is 3540. The summed E-state index contributed by atoms with van der Waals surface area (Å²) in [6.45, 7) is 0. The fourth-order valence-corrected chi connectivity index (χ4v) is 8.64. The molecule has 0 bridgehead atoms. The molecule has 3 heterocycles. The first kappa shape index (κ1) is 30.8. The minimum absolute atomic E-state index is 0.593. The van der Waals surface area contributed by atoms with Crippen LogP contribution in [0.15, 0.2) is 186 Å². The van der Waals surface area contributed by atoms with E-state index < -0.39 is 0 Å². The first-order valence-electron chi connectivity index (χ1n) is 18.9. The van der Waals surface area contributed by atoms with Crippen molar-refractivity contribution in [3.05, 3.63) is 182 Å². The fraction of sp³-hybridized carbons (Fsp3) is 0. The molecule has 0 atom stereocenters. The summed E-state index contributed by atoms with van der Waals surface area (Å²) in [5, 5.41) is 11.6. The molecule has 0 aliphatic rings. The predicted molar refractivity (Wildman–Crippen MR) is 230 cm³/mol. The van der Waals surface area contributed by atoms with Crippen molar-refractivity contribution >= 4 is 76.1 Å². The number of aromatic nitrogens is 4.